The van der Waals surface area contributed by atoms with Crippen LogP contribution in [0.5, 0.6) is 0 Å². The Balaban J connectivity index is 1.80. The number of carbonyl (C=O) groups excluding carboxylic acids is 1. The SMILES string of the molecule is Cc1cc(C)nc(NC(=O)Cn2nc(-c3cccnc3)ccc2=O)n1. The van der Waals surface area contributed by atoms with Gasteiger partial charge in [-0.15, -0.1) is 0 Å². The summed E-state index contributed by atoms with van der Waals surface area (Å²) in [6, 6.07) is 8.37. The van der Waals surface area contributed by atoms with E-state index in [-0.39, 0.29) is 18.1 Å². The van der Waals surface area contributed by atoms with E-state index in [0.717, 1.165) is 21.6 Å². The summed E-state index contributed by atoms with van der Waals surface area (Å²) in [5.74, 6) is -0.220. The van der Waals surface area contributed by atoms with Crippen molar-refractivity contribution in [1.82, 2.24) is 24.7 Å². The molecule has 0 unspecified atom stereocenters. The molecule has 0 radical (unpaired) electrons. The fourth-order valence-electron chi connectivity index (χ4n) is 2.31. The Morgan fingerprint density at radius 3 is 2.60 bits per heavy atom. The largest absolute Gasteiger partial charge is 0.293 e. The number of pyridine rings is 1. The van der Waals surface area contributed by atoms with Crippen molar-refractivity contribution in [3.63, 3.8) is 0 Å². The maximum absolute atomic E-state index is 12.2. The molecule has 0 bridgehead atoms. The lowest BCUT2D eigenvalue weighted by atomic mass is 10.2. The van der Waals surface area contributed by atoms with Crippen molar-refractivity contribution in [2.24, 2.45) is 0 Å². The van der Waals surface area contributed by atoms with Gasteiger partial charge in [-0.2, -0.15) is 5.10 Å². The van der Waals surface area contributed by atoms with Crippen LogP contribution in [0.15, 0.2) is 47.5 Å². The number of amides is 1. The molecule has 3 aromatic rings. The van der Waals surface area contributed by atoms with Crippen molar-refractivity contribution in [2.45, 2.75) is 20.4 Å². The summed E-state index contributed by atoms with van der Waals surface area (Å²) in [5.41, 5.74) is 2.44. The van der Waals surface area contributed by atoms with Crippen molar-refractivity contribution in [1.29, 1.82) is 0 Å². The molecule has 0 aliphatic carbocycles. The van der Waals surface area contributed by atoms with Crippen molar-refractivity contribution in [3.8, 4) is 11.3 Å². The standard InChI is InChI=1S/C17H16N6O2/c1-11-8-12(2)20-17(19-11)21-15(24)10-23-16(25)6-5-14(22-23)13-4-3-7-18-9-13/h3-9H,10H2,1-2H3,(H,19,20,21,24). The number of hydrogen-bond acceptors (Lipinski definition) is 6. The van der Waals surface area contributed by atoms with E-state index in [9.17, 15) is 9.59 Å². The van der Waals surface area contributed by atoms with Gasteiger partial charge in [0, 0.05) is 35.4 Å². The monoisotopic (exact) mass is 336 g/mol. The molecule has 25 heavy (non-hydrogen) atoms. The third-order valence-electron chi connectivity index (χ3n) is 3.35. The second-order valence-electron chi connectivity index (χ2n) is 5.48. The molecule has 0 saturated carbocycles. The second kappa shape index (κ2) is 7.00. The Morgan fingerprint density at radius 1 is 1.16 bits per heavy atom. The van der Waals surface area contributed by atoms with E-state index in [1.165, 1.54) is 6.07 Å². The minimum atomic E-state index is -0.428. The van der Waals surface area contributed by atoms with Gasteiger partial charge in [-0.25, -0.2) is 14.6 Å². The lowest BCUT2D eigenvalue weighted by Crippen LogP contribution is -2.29. The highest BCUT2D eigenvalue weighted by molar-refractivity contribution is 5.88. The maximum atomic E-state index is 12.2. The average molecular weight is 336 g/mol. The molecule has 8 heteroatoms. The molecule has 0 aliphatic heterocycles. The van der Waals surface area contributed by atoms with Gasteiger partial charge >= 0.3 is 0 Å². The lowest BCUT2D eigenvalue weighted by Gasteiger charge is -2.08. The third-order valence-corrected chi connectivity index (χ3v) is 3.35. The number of carbonyl (C=O) groups is 1. The van der Waals surface area contributed by atoms with Crippen molar-refractivity contribution in [3.05, 3.63) is 64.5 Å². The first-order valence-corrected chi connectivity index (χ1v) is 7.62. The Labute approximate surface area is 143 Å². The summed E-state index contributed by atoms with van der Waals surface area (Å²) < 4.78 is 1.10. The molecule has 0 aliphatic rings. The predicted octanol–water partition coefficient (Wildman–Crippen LogP) is 1.35. The van der Waals surface area contributed by atoms with Gasteiger partial charge < -0.3 is 0 Å². The number of hydrogen-bond donors (Lipinski definition) is 1. The summed E-state index contributed by atoms with van der Waals surface area (Å²) >= 11 is 0. The minimum absolute atomic E-state index is 0.207. The minimum Gasteiger partial charge on any atom is -0.293 e. The summed E-state index contributed by atoms with van der Waals surface area (Å²) in [5, 5.41) is 6.81. The summed E-state index contributed by atoms with van der Waals surface area (Å²) in [6.45, 7) is 3.39. The topological polar surface area (TPSA) is 103 Å². The first-order chi connectivity index (χ1) is 12.0. The number of anilines is 1. The van der Waals surface area contributed by atoms with E-state index in [2.05, 4.69) is 25.4 Å². The highest BCUT2D eigenvalue weighted by atomic mass is 16.2. The number of nitrogens with zero attached hydrogens (tertiary/aromatic N) is 5. The highest BCUT2D eigenvalue weighted by Gasteiger charge is 2.10. The van der Waals surface area contributed by atoms with Crippen LogP contribution in [0.1, 0.15) is 11.4 Å². The van der Waals surface area contributed by atoms with Crippen LogP contribution in [0.2, 0.25) is 0 Å². The first-order valence-electron chi connectivity index (χ1n) is 7.62. The molecule has 3 aromatic heterocycles. The smallest absolute Gasteiger partial charge is 0.267 e. The number of nitrogens with one attached hydrogen (secondary N) is 1. The molecular weight excluding hydrogens is 320 g/mol. The fourth-order valence-corrected chi connectivity index (χ4v) is 2.31. The van der Waals surface area contributed by atoms with E-state index in [1.807, 2.05) is 19.9 Å². The molecule has 1 amide bonds. The molecule has 3 rings (SSSR count). The molecule has 8 nitrogen and oxygen atoms in total. The van der Waals surface area contributed by atoms with Gasteiger partial charge in [0.05, 0.1) is 5.69 Å². The van der Waals surface area contributed by atoms with Gasteiger partial charge in [0.15, 0.2) is 0 Å². The molecule has 0 atom stereocenters. The van der Waals surface area contributed by atoms with Crippen molar-refractivity contribution in [2.75, 3.05) is 5.32 Å². The van der Waals surface area contributed by atoms with Gasteiger partial charge in [0.25, 0.3) is 5.56 Å². The van der Waals surface area contributed by atoms with Crippen LogP contribution in [0.25, 0.3) is 11.3 Å². The fraction of sp³-hybridized carbons (Fsp3) is 0.176. The quantitative estimate of drug-likeness (QED) is 0.771. The molecule has 0 spiro atoms. The van der Waals surface area contributed by atoms with Crippen LogP contribution in [0.4, 0.5) is 5.95 Å². The molecule has 1 N–H and O–H groups in total. The second-order valence-corrected chi connectivity index (χ2v) is 5.48. The zero-order valence-electron chi connectivity index (χ0n) is 13.8. The Kier molecular flexibility index (Phi) is 4.60. The van der Waals surface area contributed by atoms with E-state index in [0.29, 0.717) is 5.69 Å². The van der Waals surface area contributed by atoms with Crippen molar-refractivity contribution >= 4 is 11.9 Å². The van der Waals surface area contributed by atoms with Crippen LogP contribution in [0, 0.1) is 13.8 Å². The molecule has 0 fully saturated rings. The van der Waals surface area contributed by atoms with Crippen LogP contribution in [-0.2, 0) is 11.3 Å². The molecule has 0 saturated heterocycles. The van der Waals surface area contributed by atoms with Gasteiger partial charge in [-0.1, -0.05) is 0 Å². The molecular formula is C17H16N6O2. The van der Waals surface area contributed by atoms with Crippen LogP contribution in [0.3, 0.4) is 0 Å². The summed E-state index contributed by atoms with van der Waals surface area (Å²) in [7, 11) is 0. The van der Waals surface area contributed by atoms with Crippen LogP contribution < -0.4 is 10.9 Å². The zero-order chi connectivity index (χ0) is 17.8. The Bertz CT molecular complexity index is 948. The molecule has 126 valence electrons. The van der Waals surface area contributed by atoms with E-state index in [4.69, 9.17) is 0 Å². The van der Waals surface area contributed by atoms with Gasteiger partial charge in [-0.05, 0) is 38.1 Å². The zero-order valence-corrected chi connectivity index (χ0v) is 13.8. The van der Waals surface area contributed by atoms with Gasteiger partial charge in [0.1, 0.15) is 6.54 Å². The number of aryl methyl sites for hydroxylation is 2. The number of rotatable bonds is 4. The normalized spacial score (nSPS) is 10.5. The van der Waals surface area contributed by atoms with Crippen molar-refractivity contribution < 1.29 is 4.79 Å². The van der Waals surface area contributed by atoms with Gasteiger partial charge in [-0.3, -0.25) is 19.9 Å². The van der Waals surface area contributed by atoms with Gasteiger partial charge in [0.2, 0.25) is 11.9 Å². The Hall–Kier alpha value is -3.42. The van der Waals surface area contributed by atoms with E-state index >= 15 is 0 Å². The number of aromatic nitrogens is 5. The van der Waals surface area contributed by atoms with Crippen LogP contribution >= 0.6 is 0 Å². The van der Waals surface area contributed by atoms with Crippen LogP contribution in [-0.4, -0.2) is 30.6 Å². The lowest BCUT2D eigenvalue weighted by molar-refractivity contribution is -0.117. The van der Waals surface area contributed by atoms with E-state index in [1.54, 1.807) is 30.6 Å². The summed E-state index contributed by atoms with van der Waals surface area (Å²) in [6.07, 6.45) is 3.29. The third kappa shape index (κ3) is 4.11. The maximum Gasteiger partial charge on any atom is 0.267 e. The highest BCUT2D eigenvalue weighted by Crippen LogP contribution is 2.12. The predicted molar refractivity (Wildman–Crippen MR) is 91.9 cm³/mol. The van der Waals surface area contributed by atoms with E-state index < -0.39 is 5.91 Å². The first kappa shape index (κ1) is 16.4. The summed E-state index contributed by atoms with van der Waals surface area (Å²) in [4.78, 5) is 36.5. The molecule has 0 aromatic carbocycles. The molecule has 3 heterocycles. The Morgan fingerprint density at radius 2 is 1.92 bits per heavy atom. The average Bonchev–Trinajstić information content (AvgIpc) is 2.56.